The number of methoxy groups -OCH3 is 1. The fourth-order valence-corrected chi connectivity index (χ4v) is 2.51. The smallest absolute Gasteiger partial charge is 0.179 e. The fraction of sp³-hybridized carbons (Fsp3) is 0.533. The van der Waals surface area contributed by atoms with E-state index in [0.717, 1.165) is 31.5 Å². The number of ether oxygens (including phenoxy) is 1. The third-order valence-electron chi connectivity index (χ3n) is 3.80. The first kappa shape index (κ1) is 13.2. The Bertz CT molecular complexity index is 383. The first-order valence-electron chi connectivity index (χ1n) is 6.58. The number of Topliss-reactive ketones (excluding diaryl/α,β-unsaturated/α-hetero) is 1. The van der Waals surface area contributed by atoms with Crippen molar-refractivity contribution in [2.24, 2.45) is 0 Å². The number of carbonyl (C=O) groups excluding carboxylic acids is 1. The van der Waals surface area contributed by atoms with E-state index in [1.54, 1.807) is 7.11 Å². The highest BCUT2D eigenvalue weighted by Crippen LogP contribution is 2.17. The van der Waals surface area contributed by atoms with Crippen LogP contribution in [0.4, 0.5) is 0 Å². The molecule has 0 N–H and O–H groups in total. The number of rotatable bonds is 4. The first-order valence-corrected chi connectivity index (χ1v) is 6.58. The van der Waals surface area contributed by atoms with Crippen molar-refractivity contribution >= 4 is 5.78 Å². The van der Waals surface area contributed by atoms with Gasteiger partial charge in [-0.2, -0.15) is 0 Å². The average Bonchev–Trinajstić information content (AvgIpc) is 2.47. The summed E-state index contributed by atoms with van der Waals surface area (Å²) in [5.41, 5.74) is 0.805. The standard InChI is InChI=1S/C15H21NO2/c1-12(15(17)13-6-4-3-5-7-13)16-10-8-14(18-2)9-11-16/h3-7,12,14H,8-11H2,1-2H3. The van der Waals surface area contributed by atoms with Gasteiger partial charge in [0.05, 0.1) is 12.1 Å². The number of nitrogens with zero attached hydrogens (tertiary/aromatic N) is 1. The van der Waals surface area contributed by atoms with Gasteiger partial charge in [-0.25, -0.2) is 0 Å². The highest BCUT2D eigenvalue weighted by atomic mass is 16.5. The lowest BCUT2D eigenvalue weighted by Crippen LogP contribution is -2.45. The lowest BCUT2D eigenvalue weighted by atomic mass is 10.0. The van der Waals surface area contributed by atoms with Gasteiger partial charge < -0.3 is 4.74 Å². The Kier molecular flexibility index (Phi) is 4.50. The monoisotopic (exact) mass is 247 g/mol. The Labute approximate surface area is 109 Å². The van der Waals surface area contributed by atoms with Crippen molar-refractivity contribution in [2.45, 2.75) is 31.9 Å². The van der Waals surface area contributed by atoms with E-state index in [0.29, 0.717) is 6.10 Å². The normalized spacial score (nSPS) is 19.7. The maximum atomic E-state index is 12.3. The van der Waals surface area contributed by atoms with Gasteiger partial charge in [0.25, 0.3) is 0 Å². The number of hydrogen-bond donors (Lipinski definition) is 0. The van der Waals surface area contributed by atoms with Gasteiger partial charge in [0, 0.05) is 25.8 Å². The van der Waals surface area contributed by atoms with Gasteiger partial charge in [-0.15, -0.1) is 0 Å². The summed E-state index contributed by atoms with van der Waals surface area (Å²) in [7, 11) is 1.76. The van der Waals surface area contributed by atoms with Crippen LogP contribution < -0.4 is 0 Å². The predicted octanol–water partition coefficient (Wildman–Crippen LogP) is 2.37. The molecule has 0 saturated carbocycles. The molecule has 0 bridgehead atoms. The highest BCUT2D eigenvalue weighted by Gasteiger charge is 2.26. The van der Waals surface area contributed by atoms with Gasteiger partial charge in [0.15, 0.2) is 5.78 Å². The maximum absolute atomic E-state index is 12.3. The van der Waals surface area contributed by atoms with E-state index in [1.807, 2.05) is 37.3 Å². The maximum Gasteiger partial charge on any atom is 0.179 e. The molecule has 1 atom stereocenters. The van der Waals surface area contributed by atoms with Gasteiger partial charge in [0.1, 0.15) is 0 Å². The van der Waals surface area contributed by atoms with E-state index in [4.69, 9.17) is 4.74 Å². The molecule has 1 heterocycles. The Morgan fingerprint density at radius 1 is 1.28 bits per heavy atom. The largest absolute Gasteiger partial charge is 0.381 e. The molecule has 3 heteroatoms. The Morgan fingerprint density at radius 2 is 1.89 bits per heavy atom. The van der Waals surface area contributed by atoms with Crippen molar-refractivity contribution in [2.75, 3.05) is 20.2 Å². The zero-order chi connectivity index (χ0) is 13.0. The lowest BCUT2D eigenvalue weighted by Gasteiger charge is -2.34. The minimum Gasteiger partial charge on any atom is -0.381 e. The average molecular weight is 247 g/mol. The van der Waals surface area contributed by atoms with E-state index < -0.39 is 0 Å². The Morgan fingerprint density at radius 3 is 2.44 bits per heavy atom. The second kappa shape index (κ2) is 6.12. The molecule has 1 fully saturated rings. The zero-order valence-electron chi connectivity index (χ0n) is 11.1. The third-order valence-corrected chi connectivity index (χ3v) is 3.80. The molecule has 98 valence electrons. The summed E-state index contributed by atoms with van der Waals surface area (Å²) >= 11 is 0. The molecular formula is C15H21NO2. The minimum absolute atomic E-state index is 0.0368. The van der Waals surface area contributed by atoms with Crippen LogP contribution in [0.5, 0.6) is 0 Å². The molecule has 0 aliphatic carbocycles. The lowest BCUT2D eigenvalue weighted by molar-refractivity contribution is 0.0289. The minimum atomic E-state index is -0.0368. The van der Waals surface area contributed by atoms with Crippen LogP contribution in [0, 0.1) is 0 Å². The number of benzene rings is 1. The number of ketones is 1. The summed E-state index contributed by atoms with van der Waals surface area (Å²) in [5.74, 6) is 0.214. The highest BCUT2D eigenvalue weighted by molar-refractivity contribution is 5.99. The summed E-state index contributed by atoms with van der Waals surface area (Å²) in [5, 5.41) is 0. The van der Waals surface area contributed by atoms with Gasteiger partial charge in [-0.3, -0.25) is 9.69 Å². The van der Waals surface area contributed by atoms with Crippen LogP contribution in [0.1, 0.15) is 30.1 Å². The van der Waals surface area contributed by atoms with Crippen molar-refractivity contribution in [1.82, 2.24) is 4.90 Å². The first-order chi connectivity index (χ1) is 8.72. The Balaban J connectivity index is 1.96. The van der Waals surface area contributed by atoms with Crippen LogP contribution in [0.25, 0.3) is 0 Å². The molecule has 0 aromatic heterocycles. The summed E-state index contributed by atoms with van der Waals surface area (Å²) in [4.78, 5) is 14.6. The number of hydrogen-bond acceptors (Lipinski definition) is 3. The van der Waals surface area contributed by atoms with Gasteiger partial charge in [-0.05, 0) is 19.8 Å². The van der Waals surface area contributed by atoms with E-state index >= 15 is 0 Å². The van der Waals surface area contributed by atoms with Crippen molar-refractivity contribution in [1.29, 1.82) is 0 Å². The molecule has 0 spiro atoms. The SMILES string of the molecule is COC1CCN(C(C)C(=O)c2ccccc2)CC1. The van der Waals surface area contributed by atoms with Gasteiger partial charge >= 0.3 is 0 Å². The summed E-state index contributed by atoms with van der Waals surface area (Å²) in [6, 6.07) is 9.51. The zero-order valence-corrected chi connectivity index (χ0v) is 11.1. The van der Waals surface area contributed by atoms with Crippen LogP contribution in [-0.4, -0.2) is 43.0 Å². The molecule has 1 aliphatic heterocycles. The molecule has 0 amide bonds. The van der Waals surface area contributed by atoms with Crippen LogP contribution in [-0.2, 0) is 4.74 Å². The molecular weight excluding hydrogens is 226 g/mol. The van der Waals surface area contributed by atoms with E-state index in [-0.39, 0.29) is 11.8 Å². The summed E-state index contributed by atoms with van der Waals surface area (Å²) < 4.78 is 5.35. The van der Waals surface area contributed by atoms with Crippen molar-refractivity contribution < 1.29 is 9.53 Å². The topological polar surface area (TPSA) is 29.5 Å². The molecule has 1 aromatic carbocycles. The summed E-state index contributed by atoms with van der Waals surface area (Å²) in [6.45, 7) is 3.89. The second-order valence-corrected chi connectivity index (χ2v) is 4.88. The summed E-state index contributed by atoms with van der Waals surface area (Å²) in [6.07, 6.45) is 2.39. The number of piperidine rings is 1. The van der Waals surface area contributed by atoms with Crippen LogP contribution in [0.3, 0.4) is 0 Å². The van der Waals surface area contributed by atoms with E-state index in [2.05, 4.69) is 4.90 Å². The van der Waals surface area contributed by atoms with Crippen LogP contribution in [0.2, 0.25) is 0 Å². The molecule has 2 rings (SSSR count). The predicted molar refractivity (Wildman–Crippen MR) is 71.8 cm³/mol. The van der Waals surface area contributed by atoms with Crippen molar-refractivity contribution in [3.05, 3.63) is 35.9 Å². The van der Waals surface area contributed by atoms with E-state index in [9.17, 15) is 4.79 Å². The van der Waals surface area contributed by atoms with Crippen LogP contribution in [0.15, 0.2) is 30.3 Å². The Hall–Kier alpha value is -1.19. The number of carbonyl (C=O) groups is 1. The van der Waals surface area contributed by atoms with Gasteiger partial charge in [-0.1, -0.05) is 30.3 Å². The fourth-order valence-electron chi connectivity index (χ4n) is 2.51. The number of likely N-dealkylation sites (tertiary alicyclic amines) is 1. The second-order valence-electron chi connectivity index (χ2n) is 4.88. The molecule has 18 heavy (non-hydrogen) atoms. The third kappa shape index (κ3) is 2.98. The quantitative estimate of drug-likeness (QED) is 0.765. The van der Waals surface area contributed by atoms with Gasteiger partial charge in [0.2, 0.25) is 0 Å². The van der Waals surface area contributed by atoms with E-state index in [1.165, 1.54) is 0 Å². The van der Waals surface area contributed by atoms with Crippen molar-refractivity contribution in [3.63, 3.8) is 0 Å². The van der Waals surface area contributed by atoms with Crippen molar-refractivity contribution in [3.8, 4) is 0 Å². The molecule has 1 unspecified atom stereocenters. The molecule has 1 aliphatic rings. The molecule has 0 radical (unpaired) electrons. The molecule has 1 saturated heterocycles. The molecule has 1 aromatic rings. The van der Waals surface area contributed by atoms with Crippen LogP contribution >= 0.6 is 0 Å². The molecule has 3 nitrogen and oxygen atoms in total.